The summed E-state index contributed by atoms with van der Waals surface area (Å²) < 4.78 is 0. The van der Waals surface area contributed by atoms with Crippen LogP contribution in [0.3, 0.4) is 0 Å². The summed E-state index contributed by atoms with van der Waals surface area (Å²) in [7, 11) is 0. The van der Waals surface area contributed by atoms with Gasteiger partial charge in [0, 0.05) is 6.20 Å². The minimum absolute atomic E-state index is 0. The van der Waals surface area contributed by atoms with Gasteiger partial charge in [0.2, 0.25) is 0 Å². The Morgan fingerprint density at radius 1 is 1.55 bits per heavy atom. The zero-order chi connectivity index (χ0) is 7.40. The van der Waals surface area contributed by atoms with Crippen LogP contribution in [0, 0.1) is 0 Å². The first-order valence-corrected chi connectivity index (χ1v) is 3.42. The molecule has 0 N–H and O–H groups in total. The van der Waals surface area contributed by atoms with Crippen LogP contribution in [0.4, 0.5) is 0 Å². The van der Waals surface area contributed by atoms with Gasteiger partial charge in [-0.15, -0.1) is 19.0 Å². The lowest BCUT2D eigenvalue weighted by Gasteiger charge is -1.93. The molecule has 1 rings (SSSR count). The lowest BCUT2D eigenvalue weighted by molar-refractivity contribution is 1.19. The van der Waals surface area contributed by atoms with E-state index < -0.39 is 0 Å². The number of allylic oxidation sites excluding steroid dienone is 1. The second-order valence-electron chi connectivity index (χ2n) is 1.98. The maximum Gasteiger partial charge on any atom is 0.129 e. The Bertz CT molecular complexity index is 218. The Hall–Kier alpha value is -0.530. The molecule has 3 heteroatoms. The largest absolute Gasteiger partial charge is 0.244 e. The Morgan fingerprint density at radius 3 is 2.73 bits per heavy atom. The van der Waals surface area contributed by atoms with Gasteiger partial charge in [-0.1, -0.05) is 23.7 Å². The molecule has 0 aliphatic rings. The molecule has 0 aliphatic carbocycles. The highest BCUT2D eigenvalue weighted by atomic mass is 35.5. The maximum absolute atomic E-state index is 5.57. The van der Waals surface area contributed by atoms with Crippen LogP contribution >= 0.6 is 24.0 Å². The van der Waals surface area contributed by atoms with E-state index in [0.29, 0.717) is 5.15 Å². The first-order chi connectivity index (χ1) is 4.83. The molecule has 0 amide bonds. The normalized spacial score (nSPS) is 8.45. The van der Waals surface area contributed by atoms with E-state index in [0.717, 1.165) is 12.0 Å². The minimum atomic E-state index is 0. The number of halogens is 2. The molecular formula is C8H9Cl2N. The van der Waals surface area contributed by atoms with E-state index in [-0.39, 0.29) is 12.4 Å². The summed E-state index contributed by atoms with van der Waals surface area (Å²) in [6, 6.07) is 3.72. The molecule has 1 heterocycles. The number of hydrogen-bond donors (Lipinski definition) is 0. The van der Waals surface area contributed by atoms with E-state index in [9.17, 15) is 0 Å². The van der Waals surface area contributed by atoms with Crippen molar-refractivity contribution in [3.05, 3.63) is 41.7 Å². The van der Waals surface area contributed by atoms with Crippen molar-refractivity contribution >= 4 is 24.0 Å². The van der Waals surface area contributed by atoms with Crippen LogP contribution in [0.15, 0.2) is 31.0 Å². The van der Waals surface area contributed by atoms with Gasteiger partial charge in [-0.05, 0) is 18.1 Å². The van der Waals surface area contributed by atoms with Crippen molar-refractivity contribution < 1.29 is 0 Å². The van der Waals surface area contributed by atoms with Gasteiger partial charge in [0.15, 0.2) is 0 Å². The monoisotopic (exact) mass is 189 g/mol. The van der Waals surface area contributed by atoms with Gasteiger partial charge in [-0.25, -0.2) is 4.98 Å². The summed E-state index contributed by atoms with van der Waals surface area (Å²) in [6.07, 6.45) is 4.44. The minimum Gasteiger partial charge on any atom is -0.244 e. The smallest absolute Gasteiger partial charge is 0.129 e. The Balaban J connectivity index is 0.000001000. The van der Waals surface area contributed by atoms with Crippen LogP contribution in [-0.4, -0.2) is 4.98 Å². The summed E-state index contributed by atoms with van der Waals surface area (Å²) in [5, 5.41) is 0.535. The topological polar surface area (TPSA) is 12.9 Å². The molecule has 1 aromatic heterocycles. The Kier molecular flexibility index (Phi) is 4.92. The summed E-state index contributed by atoms with van der Waals surface area (Å²) in [4.78, 5) is 3.92. The van der Waals surface area contributed by atoms with E-state index in [1.165, 1.54) is 0 Å². The molecule has 0 saturated carbocycles. The maximum atomic E-state index is 5.57. The van der Waals surface area contributed by atoms with Crippen molar-refractivity contribution in [2.75, 3.05) is 0 Å². The molecular weight excluding hydrogens is 181 g/mol. The second-order valence-corrected chi connectivity index (χ2v) is 2.37. The standard InChI is InChI=1S/C8H8ClN.ClH/c1-2-3-7-4-5-8(9)10-6-7;/h2,4-6H,1,3H2;1H. The van der Waals surface area contributed by atoms with Crippen LogP contribution in [0.2, 0.25) is 5.15 Å². The van der Waals surface area contributed by atoms with Crippen molar-refractivity contribution in [3.8, 4) is 0 Å². The van der Waals surface area contributed by atoms with Crippen molar-refractivity contribution in [3.63, 3.8) is 0 Å². The van der Waals surface area contributed by atoms with Gasteiger partial charge in [0.1, 0.15) is 5.15 Å². The first-order valence-electron chi connectivity index (χ1n) is 3.04. The third kappa shape index (κ3) is 3.40. The Morgan fingerprint density at radius 2 is 2.27 bits per heavy atom. The fourth-order valence-corrected chi connectivity index (χ4v) is 0.806. The molecule has 0 spiro atoms. The summed E-state index contributed by atoms with van der Waals surface area (Å²) in [6.45, 7) is 3.62. The van der Waals surface area contributed by atoms with Gasteiger partial charge in [-0.2, -0.15) is 0 Å². The van der Waals surface area contributed by atoms with Gasteiger partial charge < -0.3 is 0 Å². The second kappa shape index (κ2) is 5.16. The highest BCUT2D eigenvalue weighted by Crippen LogP contribution is 2.05. The van der Waals surface area contributed by atoms with E-state index in [1.807, 2.05) is 12.1 Å². The van der Waals surface area contributed by atoms with Gasteiger partial charge >= 0.3 is 0 Å². The van der Waals surface area contributed by atoms with Crippen LogP contribution in [0.25, 0.3) is 0 Å². The first kappa shape index (κ1) is 10.5. The number of pyridine rings is 1. The zero-order valence-electron chi connectivity index (χ0n) is 5.96. The average molecular weight is 190 g/mol. The van der Waals surface area contributed by atoms with E-state index >= 15 is 0 Å². The number of hydrogen-bond acceptors (Lipinski definition) is 1. The number of rotatable bonds is 2. The number of nitrogens with zero attached hydrogens (tertiary/aromatic N) is 1. The zero-order valence-corrected chi connectivity index (χ0v) is 7.53. The summed E-state index contributed by atoms with van der Waals surface area (Å²) >= 11 is 5.57. The molecule has 0 unspecified atom stereocenters. The van der Waals surface area contributed by atoms with Crippen molar-refractivity contribution in [1.82, 2.24) is 4.98 Å². The highest BCUT2D eigenvalue weighted by Gasteiger charge is 1.88. The lowest BCUT2D eigenvalue weighted by Crippen LogP contribution is -1.81. The predicted molar refractivity (Wildman–Crippen MR) is 50.4 cm³/mol. The molecule has 11 heavy (non-hydrogen) atoms. The molecule has 0 aliphatic heterocycles. The van der Waals surface area contributed by atoms with Crippen LogP contribution in [0.1, 0.15) is 5.56 Å². The molecule has 0 fully saturated rings. The predicted octanol–water partition coefficient (Wildman–Crippen LogP) is 2.89. The Labute approximate surface area is 77.5 Å². The van der Waals surface area contributed by atoms with Gasteiger partial charge in [0.25, 0.3) is 0 Å². The van der Waals surface area contributed by atoms with E-state index in [2.05, 4.69) is 11.6 Å². The van der Waals surface area contributed by atoms with E-state index in [1.54, 1.807) is 12.3 Å². The third-order valence-corrected chi connectivity index (χ3v) is 1.39. The third-order valence-electron chi connectivity index (χ3n) is 1.17. The molecule has 0 radical (unpaired) electrons. The fourth-order valence-electron chi connectivity index (χ4n) is 0.694. The highest BCUT2D eigenvalue weighted by molar-refractivity contribution is 6.29. The molecule has 1 nitrogen and oxygen atoms in total. The SMILES string of the molecule is C=CCc1ccc(Cl)nc1.Cl. The molecule has 60 valence electrons. The average Bonchev–Trinajstić information content (AvgIpc) is 1.95. The van der Waals surface area contributed by atoms with Crippen LogP contribution in [0.5, 0.6) is 0 Å². The number of aromatic nitrogens is 1. The van der Waals surface area contributed by atoms with Crippen molar-refractivity contribution in [2.45, 2.75) is 6.42 Å². The molecule has 1 aromatic rings. The van der Waals surface area contributed by atoms with Crippen molar-refractivity contribution in [1.29, 1.82) is 0 Å². The summed E-state index contributed by atoms with van der Waals surface area (Å²) in [5.41, 5.74) is 1.14. The fraction of sp³-hybridized carbons (Fsp3) is 0.125. The van der Waals surface area contributed by atoms with E-state index in [4.69, 9.17) is 11.6 Å². The van der Waals surface area contributed by atoms with Gasteiger partial charge in [-0.3, -0.25) is 0 Å². The van der Waals surface area contributed by atoms with Crippen molar-refractivity contribution in [2.24, 2.45) is 0 Å². The molecule has 0 bridgehead atoms. The molecule has 0 aromatic carbocycles. The summed E-state index contributed by atoms with van der Waals surface area (Å²) in [5.74, 6) is 0. The van der Waals surface area contributed by atoms with Crippen LogP contribution < -0.4 is 0 Å². The quantitative estimate of drug-likeness (QED) is 0.516. The van der Waals surface area contributed by atoms with Crippen LogP contribution in [-0.2, 0) is 6.42 Å². The lowest BCUT2D eigenvalue weighted by atomic mass is 10.2. The molecule has 0 saturated heterocycles. The molecule has 0 atom stereocenters. The van der Waals surface area contributed by atoms with Gasteiger partial charge in [0.05, 0.1) is 0 Å².